The number of rotatable bonds is 5. The molecule has 0 saturated heterocycles. The molecule has 1 aliphatic carbocycles. The maximum atomic E-state index is 11.5. The first-order valence-corrected chi connectivity index (χ1v) is 7.67. The van der Waals surface area contributed by atoms with Gasteiger partial charge in [-0.25, -0.2) is 4.79 Å². The molecule has 0 radical (unpaired) electrons. The first kappa shape index (κ1) is 15.1. The highest BCUT2D eigenvalue weighted by Crippen LogP contribution is 2.34. The van der Waals surface area contributed by atoms with Crippen molar-refractivity contribution in [2.24, 2.45) is 5.92 Å². The molecule has 1 atom stereocenters. The molecule has 1 fully saturated rings. The molecule has 0 aliphatic heterocycles. The lowest BCUT2D eigenvalue weighted by Gasteiger charge is -2.25. The fraction of sp³-hybridized carbons (Fsp3) is 0.688. The SMILES string of the molecule is CCNC(c1ccc(C(=O)OC)o1)C1CCCCCC1. The van der Waals surface area contributed by atoms with Crippen molar-refractivity contribution in [2.45, 2.75) is 51.5 Å². The third-order valence-electron chi connectivity index (χ3n) is 4.12. The Morgan fingerprint density at radius 3 is 2.65 bits per heavy atom. The lowest BCUT2D eigenvalue weighted by molar-refractivity contribution is 0.0560. The number of carbonyl (C=O) groups excluding carboxylic acids is 1. The van der Waals surface area contributed by atoms with Gasteiger partial charge in [-0.15, -0.1) is 0 Å². The molecule has 1 aliphatic rings. The molecular formula is C16H25NO3. The molecule has 2 rings (SSSR count). The molecule has 1 unspecified atom stereocenters. The molecule has 1 saturated carbocycles. The molecule has 1 aromatic heterocycles. The maximum absolute atomic E-state index is 11.5. The van der Waals surface area contributed by atoms with E-state index in [2.05, 4.69) is 12.2 Å². The van der Waals surface area contributed by atoms with Crippen LogP contribution >= 0.6 is 0 Å². The van der Waals surface area contributed by atoms with Gasteiger partial charge in [0.15, 0.2) is 0 Å². The second kappa shape index (κ2) is 7.48. The predicted molar refractivity (Wildman–Crippen MR) is 77.7 cm³/mol. The van der Waals surface area contributed by atoms with Crippen LogP contribution < -0.4 is 5.32 Å². The summed E-state index contributed by atoms with van der Waals surface area (Å²) in [5.74, 6) is 1.33. The maximum Gasteiger partial charge on any atom is 0.373 e. The van der Waals surface area contributed by atoms with Crippen LogP contribution in [0.25, 0.3) is 0 Å². The van der Waals surface area contributed by atoms with E-state index in [1.54, 1.807) is 6.07 Å². The summed E-state index contributed by atoms with van der Waals surface area (Å²) >= 11 is 0. The van der Waals surface area contributed by atoms with Gasteiger partial charge in [-0.05, 0) is 37.4 Å². The van der Waals surface area contributed by atoms with Crippen molar-refractivity contribution in [1.82, 2.24) is 5.32 Å². The highest BCUT2D eigenvalue weighted by molar-refractivity contribution is 5.86. The molecule has 1 heterocycles. The number of esters is 1. The topological polar surface area (TPSA) is 51.5 Å². The van der Waals surface area contributed by atoms with Gasteiger partial charge in [-0.2, -0.15) is 0 Å². The molecule has 0 amide bonds. The van der Waals surface area contributed by atoms with Crippen molar-refractivity contribution in [2.75, 3.05) is 13.7 Å². The Balaban J connectivity index is 2.14. The zero-order valence-electron chi connectivity index (χ0n) is 12.5. The smallest absolute Gasteiger partial charge is 0.373 e. The van der Waals surface area contributed by atoms with E-state index in [0.717, 1.165) is 12.3 Å². The van der Waals surface area contributed by atoms with Crippen LogP contribution in [0.15, 0.2) is 16.5 Å². The quantitative estimate of drug-likeness (QED) is 0.659. The number of nitrogens with one attached hydrogen (secondary N) is 1. The third-order valence-corrected chi connectivity index (χ3v) is 4.12. The normalized spacial score (nSPS) is 18.5. The van der Waals surface area contributed by atoms with E-state index in [1.807, 2.05) is 6.07 Å². The third kappa shape index (κ3) is 3.63. The number of methoxy groups -OCH3 is 1. The van der Waals surface area contributed by atoms with Gasteiger partial charge in [0.2, 0.25) is 5.76 Å². The minimum absolute atomic E-state index is 0.205. The summed E-state index contributed by atoms with van der Waals surface area (Å²) in [5, 5.41) is 3.52. The van der Waals surface area contributed by atoms with Gasteiger partial charge in [0, 0.05) is 0 Å². The number of furan rings is 1. The zero-order valence-corrected chi connectivity index (χ0v) is 12.5. The fourth-order valence-electron chi connectivity index (χ4n) is 3.09. The summed E-state index contributed by atoms with van der Waals surface area (Å²) < 4.78 is 10.4. The molecule has 4 nitrogen and oxygen atoms in total. The van der Waals surface area contributed by atoms with Gasteiger partial charge in [0.1, 0.15) is 5.76 Å². The van der Waals surface area contributed by atoms with Crippen LogP contribution in [0.1, 0.15) is 67.8 Å². The Labute approximate surface area is 120 Å². The molecule has 0 bridgehead atoms. The van der Waals surface area contributed by atoms with Crippen LogP contribution in [0, 0.1) is 5.92 Å². The summed E-state index contributed by atoms with van der Waals surface area (Å²) in [6.45, 7) is 3.00. The number of hydrogen-bond acceptors (Lipinski definition) is 4. The highest BCUT2D eigenvalue weighted by Gasteiger charge is 2.26. The first-order chi connectivity index (χ1) is 9.76. The summed E-state index contributed by atoms with van der Waals surface area (Å²) in [6, 6.07) is 3.82. The van der Waals surface area contributed by atoms with E-state index in [-0.39, 0.29) is 6.04 Å². The second-order valence-electron chi connectivity index (χ2n) is 5.48. The molecule has 0 spiro atoms. The molecule has 1 N–H and O–H groups in total. The molecule has 0 aromatic carbocycles. The van der Waals surface area contributed by atoms with Gasteiger partial charge in [-0.3, -0.25) is 0 Å². The molecule has 20 heavy (non-hydrogen) atoms. The van der Waals surface area contributed by atoms with Crippen LogP contribution in [-0.2, 0) is 4.74 Å². The van der Waals surface area contributed by atoms with Crippen LogP contribution in [0.5, 0.6) is 0 Å². The number of ether oxygens (including phenoxy) is 1. The standard InChI is InChI=1S/C16H25NO3/c1-3-17-15(12-8-6-4-5-7-9-12)13-10-11-14(20-13)16(18)19-2/h10-12,15,17H,3-9H2,1-2H3. The second-order valence-corrected chi connectivity index (χ2v) is 5.48. The summed E-state index contributed by atoms with van der Waals surface area (Å²) in [6.07, 6.45) is 7.70. The monoisotopic (exact) mass is 279 g/mol. The summed E-state index contributed by atoms with van der Waals surface area (Å²) in [4.78, 5) is 11.5. The van der Waals surface area contributed by atoms with Crippen LogP contribution in [-0.4, -0.2) is 19.6 Å². The van der Waals surface area contributed by atoms with Crippen molar-refractivity contribution in [1.29, 1.82) is 0 Å². The lowest BCUT2D eigenvalue weighted by atomic mass is 9.90. The van der Waals surface area contributed by atoms with Crippen molar-refractivity contribution < 1.29 is 13.9 Å². The van der Waals surface area contributed by atoms with Gasteiger partial charge >= 0.3 is 5.97 Å². The zero-order chi connectivity index (χ0) is 14.4. The number of hydrogen-bond donors (Lipinski definition) is 1. The van der Waals surface area contributed by atoms with E-state index >= 15 is 0 Å². The molecular weight excluding hydrogens is 254 g/mol. The van der Waals surface area contributed by atoms with E-state index in [9.17, 15) is 4.79 Å². The fourth-order valence-corrected chi connectivity index (χ4v) is 3.09. The van der Waals surface area contributed by atoms with E-state index in [1.165, 1.54) is 45.6 Å². The Morgan fingerprint density at radius 1 is 1.35 bits per heavy atom. The Morgan fingerprint density at radius 2 is 2.05 bits per heavy atom. The van der Waals surface area contributed by atoms with Gasteiger partial charge in [0.25, 0.3) is 0 Å². The minimum atomic E-state index is -0.410. The predicted octanol–water partition coefficient (Wildman–Crippen LogP) is 3.69. The molecule has 4 heteroatoms. The van der Waals surface area contributed by atoms with Gasteiger partial charge in [0.05, 0.1) is 13.2 Å². The molecule has 112 valence electrons. The first-order valence-electron chi connectivity index (χ1n) is 7.67. The summed E-state index contributed by atoms with van der Waals surface area (Å²) in [7, 11) is 1.37. The molecule has 1 aromatic rings. The Bertz CT molecular complexity index is 419. The number of carbonyl (C=O) groups is 1. The van der Waals surface area contributed by atoms with Crippen molar-refractivity contribution in [3.05, 3.63) is 23.7 Å². The van der Waals surface area contributed by atoms with Crippen molar-refractivity contribution in [3.8, 4) is 0 Å². The highest BCUT2D eigenvalue weighted by atomic mass is 16.5. The Hall–Kier alpha value is -1.29. The lowest BCUT2D eigenvalue weighted by Crippen LogP contribution is -2.27. The van der Waals surface area contributed by atoms with Crippen LogP contribution in [0.4, 0.5) is 0 Å². The Kier molecular flexibility index (Phi) is 5.65. The van der Waals surface area contributed by atoms with E-state index < -0.39 is 5.97 Å². The van der Waals surface area contributed by atoms with E-state index in [4.69, 9.17) is 9.15 Å². The summed E-state index contributed by atoms with van der Waals surface area (Å²) in [5.41, 5.74) is 0. The van der Waals surface area contributed by atoms with E-state index in [0.29, 0.717) is 11.7 Å². The van der Waals surface area contributed by atoms with Crippen molar-refractivity contribution >= 4 is 5.97 Å². The average molecular weight is 279 g/mol. The average Bonchev–Trinajstić information content (AvgIpc) is 2.79. The van der Waals surface area contributed by atoms with Gasteiger partial charge in [-0.1, -0.05) is 32.6 Å². The van der Waals surface area contributed by atoms with Crippen LogP contribution in [0.3, 0.4) is 0 Å². The largest absolute Gasteiger partial charge is 0.463 e. The van der Waals surface area contributed by atoms with Gasteiger partial charge < -0.3 is 14.5 Å². The van der Waals surface area contributed by atoms with Crippen molar-refractivity contribution in [3.63, 3.8) is 0 Å². The minimum Gasteiger partial charge on any atom is -0.463 e. The van der Waals surface area contributed by atoms with Crippen LogP contribution in [0.2, 0.25) is 0 Å².